The van der Waals surface area contributed by atoms with E-state index in [9.17, 15) is 5.11 Å². The van der Waals surface area contributed by atoms with Gasteiger partial charge < -0.3 is 10.1 Å². The molecule has 0 unspecified atom stereocenters. The maximum atomic E-state index is 10.3. The minimum Gasteiger partial charge on any atom is -0.493 e. The Labute approximate surface area is 176 Å². The Kier molecular flexibility index (Phi) is 4.41. The number of aromatic nitrogens is 3. The molecule has 0 aliphatic rings. The molecule has 0 fully saturated rings. The molecule has 6 nitrogen and oxygen atoms in total. The molecule has 30 heavy (non-hydrogen) atoms. The molecule has 0 aliphatic heterocycles. The number of rotatable bonds is 3. The van der Waals surface area contributed by atoms with Gasteiger partial charge in [-0.3, -0.25) is 0 Å². The zero-order valence-corrected chi connectivity index (χ0v) is 16.7. The van der Waals surface area contributed by atoms with Gasteiger partial charge in [-0.2, -0.15) is 0 Å². The third-order valence-corrected chi connectivity index (χ3v) is 5.08. The van der Waals surface area contributed by atoms with Gasteiger partial charge in [-0.1, -0.05) is 53.6 Å². The monoisotopic (exact) mass is 413 g/mol. The van der Waals surface area contributed by atoms with Crippen molar-refractivity contribution in [2.75, 3.05) is 0 Å². The Morgan fingerprint density at radius 3 is 2.57 bits per heavy atom. The van der Waals surface area contributed by atoms with Gasteiger partial charge in [0, 0.05) is 21.4 Å². The first kappa shape index (κ1) is 18.3. The van der Waals surface area contributed by atoms with E-state index in [0.717, 1.165) is 33.1 Å². The summed E-state index contributed by atoms with van der Waals surface area (Å²) in [6.45, 7) is 1.98. The maximum Gasteiger partial charge on any atom is 0.270 e. The Bertz CT molecular complexity index is 1430. The van der Waals surface area contributed by atoms with Gasteiger partial charge in [0.15, 0.2) is 5.69 Å². The highest BCUT2D eigenvalue weighted by atomic mass is 35.5. The number of fused-ring (bicyclic) bond motifs is 2. The summed E-state index contributed by atoms with van der Waals surface area (Å²) in [5.74, 6) is 0.153. The van der Waals surface area contributed by atoms with Gasteiger partial charge in [0.1, 0.15) is 0 Å². The fourth-order valence-electron chi connectivity index (χ4n) is 3.42. The van der Waals surface area contributed by atoms with Crippen molar-refractivity contribution in [1.29, 1.82) is 0 Å². The van der Waals surface area contributed by atoms with Gasteiger partial charge in [0.05, 0.1) is 16.7 Å². The topological polar surface area (TPSA) is 86.5 Å². The highest BCUT2D eigenvalue weighted by Gasteiger charge is 2.13. The lowest BCUT2D eigenvalue weighted by molar-refractivity contribution is 0.459. The first-order chi connectivity index (χ1) is 14.6. The molecule has 2 aromatic heterocycles. The molecule has 0 saturated heterocycles. The zero-order valence-electron chi connectivity index (χ0n) is 16.0. The molecule has 3 aromatic carbocycles. The highest BCUT2D eigenvalue weighted by molar-refractivity contribution is 6.31. The smallest absolute Gasteiger partial charge is 0.270 e. The first-order valence-electron chi connectivity index (χ1n) is 9.34. The van der Waals surface area contributed by atoms with Crippen LogP contribution in [-0.2, 0) is 0 Å². The van der Waals surface area contributed by atoms with E-state index in [2.05, 4.69) is 25.2 Å². The number of aromatic amines is 1. The highest BCUT2D eigenvalue weighted by Crippen LogP contribution is 2.37. The SMILES string of the molecule is Cc1ccc2[nH]c(O)c(N=Nc3nc(-c4ccccc4)c4cc(Cl)ccc4n3)c2c1. The minimum atomic E-state index is -0.0461. The summed E-state index contributed by atoms with van der Waals surface area (Å²) < 4.78 is 0. The van der Waals surface area contributed by atoms with Crippen LogP contribution in [0, 0.1) is 6.92 Å². The summed E-state index contributed by atoms with van der Waals surface area (Å²) in [6.07, 6.45) is 0. The Morgan fingerprint density at radius 2 is 1.73 bits per heavy atom. The number of hydrogen-bond acceptors (Lipinski definition) is 5. The van der Waals surface area contributed by atoms with Crippen molar-refractivity contribution in [3.63, 3.8) is 0 Å². The average molecular weight is 414 g/mol. The standard InChI is InChI=1S/C23H16ClN5O/c1-13-7-9-18-16(11-13)21(22(30)25-18)28-29-23-26-19-10-8-15(24)12-17(19)20(27-23)14-5-3-2-4-6-14/h2-12,25,30H,1H3. The number of halogens is 1. The fraction of sp³-hybridized carbons (Fsp3) is 0.0435. The Morgan fingerprint density at radius 1 is 0.900 bits per heavy atom. The summed E-state index contributed by atoms with van der Waals surface area (Å²) >= 11 is 6.20. The molecule has 5 aromatic rings. The number of azo groups is 1. The maximum absolute atomic E-state index is 10.3. The van der Waals surface area contributed by atoms with Gasteiger partial charge >= 0.3 is 0 Å². The molecule has 2 N–H and O–H groups in total. The Balaban J connectivity index is 1.66. The minimum absolute atomic E-state index is 0.0461. The van der Waals surface area contributed by atoms with Crippen LogP contribution in [0.3, 0.4) is 0 Å². The average Bonchev–Trinajstić information content (AvgIpc) is 3.06. The summed E-state index contributed by atoms with van der Waals surface area (Å²) in [5.41, 5.74) is 4.55. The van der Waals surface area contributed by atoms with Crippen molar-refractivity contribution >= 4 is 45.0 Å². The molecule has 0 atom stereocenters. The summed E-state index contributed by atoms with van der Waals surface area (Å²) in [6, 6.07) is 21.0. The van der Waals surface area contributed by atoms with Crippen molar-refractivity contribution in [3.8, 4) is 17.1 Å². The van der Waals surface area contributed by atoms with Crippen LogP contribution in [0.4, 0.5) is 11.6 Å². The van der Waals surface area contributed by atoms with E-state index >= 15 is 0 Å². The van der Waals surface area contributed by atoms with Crippen LogP contribution >= 0.6 is 11.6 Å². The molecule has 2 heterocycles. The van der Waals surface area contributed by atoms with Gasteiger partial charge in [0.2, 0.25) is 5.88 Å². The lowest BCUT2D eigenvalue weighted by Crippen LogP contribution is -1.90. The summed E-state index contributed by atoms with van der Waals surface area (Å²) in [4.78, 5) is 12.0. The molecule has 0 bridgehead atoms. The van der Waals surface area contributed by atoms with Crippen molar-refractivity contribution in [2.24, 2.45) is 10.2 Å². The molecule has 0 aliphatic carbocycles. The Hall–Kier alpha value is -3.77. The molecule has 0 amide bonds. The first-order valence-corrected chi connectivity index (χ1v) is 9.72. The second-order valence-corrected chi connectivity index (χ2v) is 7.41. The van der Waals surface area contributed by atoms with Crippen LogP contribution in [0.15, 0.2) is 77.0 Å². The van der Waals surface area contributed by atoms with Crippen LogP contribution < -0.4 is 0 Å². The summed E-state index contributed by atoms with van der Waals surface area (Å²) in [5, 5.41) is 21.0. The quantitative estimate of drug-likeness (QED) is 0.316. The number of aromatic hydroxyl groups is 1. The second-order valence-electron chi connectivity index (χ2n) is 6.97. The summed E-state index contributed by atoms with van der Waals surface area (Å²) in [7, 11) is 0. The second kappa shape index (κ2) is 7.24. The number of H-pyrrole nitrogens is 1. The third kappa shape index (κ3) is 3.27. The molecule has 7 heteroatoms. The molecule has 146 valence electrons. The van der Waals surface area contributed by atoms with E-state index in [1.54, 1.807) is 6.07 Å². The van der Waals surface area contributed by atoms with Gasteiger partial charge in [-0.25, -0.2) is 9.97 Å². The van der Waals surface area contributed by atoms with E-state index in [1.807, 2.05) is 67.6 Å². The third-order valence-electron chi connectivity index (χ3n) is 4.84. The van der Waals surface area contributed by atoms with Crippen LogP contribution in [0.1, 0.15) is 5.56 Å². The number of nitrogens with one attached hydrogen (secondary N) is 1. The van der Waals surface area contributed by atoms with E-state index in [0.29, 0.717) is 16.2 Å². The normalized spacial score (nSPS) is 11.7. The molecule has 0 spiro atoms. The van der Waals surface area contributed by atoms with Crippen molar-refractivity contribution < 1.29 is 5.11 Å². The van der Waals surface area contributed by atoms with Crippen LogP contribution in [0.2, 0.25) is 5.02 Å². The largest absolute Gasteiger partial charge is 0.493 e. The predicted molar refractivity (Wildman–Crippen MR) is 119 cm³/mol. The number of hydrogen-bond donors (Lipinski definition) is 2. The predicted octanol–water partition coefficient (Wildman–Crippen LogP) is 6.86. The fourth-order valence-corrected chi connectivity index (χ4v) is 3.59. The van der Waals surface area contributed by atoms with Gasteiger partial charge in [-0.15, -0.1) is 10.2 Å². The van der Waals surface area contributed by atoms with Crippen molar-refractivity contribution in [1.82, 2.24) is 15.0 Å². The van der Waals surface area contributed by atoms with E-state index in [1.165, 1.54) is 0 Å². The number of benzene rings is 3. The molecular formula is C23H16ClN5O. The van der Waals surface area contributed by atoms with Crippen LogP contribution in [-0.4, -0.2) is 20.1 Å². The van der Waals surface area contributed by atoms with E-state index in [4.69, 9.17) is 11.6 Å². The van der Waals surface area contributed by atoms with E-state index in [-0.39, 0.29) is 11.8 Å². The van der Waals surface area contributed by atoms with Gasteiger partial charge in [0.25, 0.3) is 5.95 Å². The molecule has 0 saturated carbocycles. The lowest BCUT2D eigenvalue weighted by atomic mass is 10.1. The zero-order chi connectivity index (χ0) is 20.7. The van der Waals surface area contributed by atoms with Crippen molar-refractivity contribution in [3.05, 3.63) is 77.3 Å². The van der Waals surface area contributed by atoms with Crippen LogP contribution in [0.5, 0.6) is 5.88 Å². The molecule has 5 rings (SSSR count). The van der Waals surface area contributed by atoms with Crippen LogP contribution in [0.25, 0.3) is 33.1 Å². The lowest BCUT2D eigenvalue weighted by Gasteiger charge is -2.07. The number of nitrogens with zero attached hydrogens (tertiary/aromatic N) is 4. The van der Waals surface area contributed by atoms with E-state index < -0.39 is 0 Å². The van der Waals surface area contributed by atoms with Crippen molar-refractivity contribution in [2.45, 2.75) is 6.92 Å². The molecular weight excluding hydrogens is 398 g/mol. The molecule has 0 radical (unpaired) electrons. The number of aryl methyl sites for hydroxylation is 1. The van der Waals surface area contributed by atoms with Gasteiger partial charge in [-0.05, 0) is 37.3 Å².